The fraction of sp³-hybridized carbons (Fsp3) is 0.600. The van der Waals surface area contributed by atoms with Crippen LogP contribution < -0.4 is 9.47 Å². The second kappa shape index (κ2) is 9.54. The van der Waals surface area contributed by atoms with Gasteiger partial charge in [-0.2, -0.15) is 0 Å². The van der Waals surface area contributed by atoms with E-state index in [9.17, 15) is 4.79 Å². The molecule has 2 saturated heterocycles. The number of thiocarbonyl (C=S) groups is 1. The van der Waals surface area contributed by atoms with Crippen molar-refractivity contribution >= 4 is 34.6 Å². The minimum absolute atomic E-state index is 0.0903. The Kier molecular flexibility index (Phi) is 7.33. The van der Waals surface area contributed by atoms with E-state index >= 15 is 0 Å². The van der Waals surface area contributed by atoms with Crippen molar-refractivity contribution in [2.45, 2.75) is 18.2 Å². The first-order valence-electron chi connectivity index (χ1n) is 9.60. The van der Waals surface area contributed by atoms with Crippen LogP contribution in [0.15, 0.2) is 24.3 Å². The van der Waals surface area contributed by atoms with Crippen LogP contribution in [0, 0.1) is 0 Å². The molecule has 0 amide bonds. The van der Waals surface area contributed by atoms with Gasteiger partial charge in [-0.05, 0) is 26.1 Å². The first-order chi connectivity index (χ1) is 13.5. The summed E-state index contributed by atoms with van der Waals surface area (Å²) in [7, 11) is 3.79. The molecule has 0 radical (unpaired) electrons. The van der Waals surface area contributed by atoms with Crippen LogP contribution in [-0.4, -0.2) is 89.7 Å². The molecule has 1 aromatic carbocycles. The van der Waals surface area contributed by atoms with Crippen molar-refractivity contribution in [3.05, 3.63) is 24.3 Å². The average molecular weight is 424 g/mol. The third-order valence-electron chi connectivity index (χ3n) is 5.22. The van der Waals surface area contributed by atoms with Gasteiger partial charge in [0.25, 0.3) is 0 Å². The number of rotatable bonds is 8. The molecule has 28 heavy (non-hydrogen) atoms. The van der Waals surface area contributed by atoms with Crippen LogP contribution in [0.3, 0.4) is 0 Å². The molecule has 2 aliphatic rings. The highest BCUT2D eigenvalue weighted by molar-refractivity contribution is 8.02. The second-order valence-electron chi connectivity index (χ2n) is 7.25. The zero-order chi connectivity index (χ0) is 20.1. The number of hydrogen-bond donors (Lipinski definition) is 0. The summed E-state index contributed by atoms with van der Waals surface area (Å²) in [6, 6.07) is 7.64. The van der Waals surface area contributed by atoms with E-state index in [-0.39, 0.29) is 5.78 Å². The standard InChI is InChI=1S/C20H29N3O3S2/c1-16(24)14-19(27)20(15-26-18-7-5-4-6-17(18)25-3)23(12-13-28-20)22-10-8-21(2)9-11-22/h4-7H,8-15H2,1-3H3. The van der Waals surface area contributed by atoms with E-state index in [1.54, 1.807) is 25.8 Å². The molecule has 2 heterocycles. The van der Waals surface area contributed by atoms with Gasteiger partial charge in [-0.25, -0.2) is 10.0 Å². The SMILES string of the molecule is COc1ccccc1OCC1(C(=S)CC(C)=O)SCCN1N1CCN(C)CC1. The molecule has 2 fully saturated rings. The van der Waals surface area contributed by atoms with Crippen LogP contribution in [0.25, 0.3) is 0 Å². The van der Waals surface area contributed by atoms with Gasteiger partial charge >= 0.3 is 0 Å². The lowest BCUT2D eigenvalue weighted by atomic mass is 10.1. The number of methoxy groups -OCH3 is 1. The first kappa shape index (κ1) is 21.5. The molecule has 0 bridgehead atoms. The molecular formula is C20H29N3O3S2. The molecule has 0 spiro atoms. The van der Waals surface area contributed by atoms with E-state index in [4.69, 9.17) is 21.7 Å². The van der Waals surface area contributed by atoms with Crippen molar-refractivity contribution in [2.75, 3.05) is 59.2 Å². The molecule has 8 heteroatoms. The summed E-state index contributed by atoms with van der Waals surface area (Å²) in [6.45, 7) is 6.83. The molecule has 0 N–H and O–H groups in total. The van der Waals surface area contributed by atoms with Crippen LogP contribution >= 0.6 is 24.0 Å². The lowest BCUT2D eigenvalue weighted by molar-refractivity contribution is -0.116. The number of thioether (sulfide) groups is 1. The summed E-state index contributed by atoms with van der Waals surface area (Å²) in [5.74, 6) is 2.44. The number of hydrazine groups is 1. The molecule has 3 rings (SSSR count). The fourth-order valence-corrected chi connectivity index (χ4v) is 5.54. The zero-order valence-corrected chi connectivity index (χ0v) is 18.5. The topological polar surface area (TPSA) is 45.3 Å². The van der Waals surface area contributed by atoms with Gasteiger partial charge in [-0.15, -0.1) is 11.8 Å². The minimum atomic E-state index is -0.516. The summed E-state index contributed by atoms with van der Waals surface area (Å²) in [6.07, 6.45) is 0.294. The number of ether oxygens (including phenoxy) is 2. The molecular weight excluding hydrogens is 394 g/mol. The molecule has 0 aromatic heterocycles. The Labute approximate surface area is 177 Å². The Morgan fingerprint density at radius 1 is 1.18 bits per heavy atom. The Morgan fingerprint density at radius 2 is 1.86 bits per heavy atom. The van der Waals surface area contributed by atoms with Crippen molar-refractivity contribution in [3.8, 4) is 11.5 Å². The van der Waals surface area contributed by atoms with Gasteiger partial charge in [0.05, 0.1) is 7.11 Å². The van der Waals surface area contributed by atoms with Crippen LogP contribution in [-0.2, 0) is 4.79 Å². The molecule has 2 aliphatic heterocycles. The number of piperazine rings is 1. The van der Waals surface area contributed by atoms with Crippen LogP contribution in [0.2, 0.25) is 0 Å². The molecule has 1 unspecified atom stereocenters. The van der Waals surface area contributed by atoms with Crippen LogP contribution in [0.4, 0.5) is 0 Å². The Hall–Kier alpha value is -1.19. The number of Topliss-reactive ketones (excluding diaryl/α,β-unsaturated/α-hetero) is 1. The number of ketones is 1. The number of para-hydroxylation sites is 2. The number of hydrogen-bond acceptors (Lipinski definition) is 8. The number of likely N-dealkylation sites (N-methyl/N-ethyl adjacent to an activating group) is 1. The normalized spacial score (nSPS) is 24.2. The van der Waals surface area contributed by atoms with Crippen LogP contribution in [0.5, 0.6) is 11.5 Å². The van der Waals surface area contributed by atoms with Crippen molar-refractivity contribution < 1.29 is 14.3 Å². The van der Waals surface area contributed by atoms with E-state index in [2.05, 4.69) is 22.0 Å². The molecule has 1 aromatic rings. The number of carbonyl (C=O) groups excluding carboxylic acids is 1. The highest BCUT2D eigenvalue weighted by Crippen LogP contribution is 2.41. The minimum Gasteiger partial charge on any atom is -0.493 e. The fourth-order valence-electron chi connectivity index (χ4n) is 3.66. The van der Waals surface area contributed by atoms with E-state index < -0.39 is 4.87 Å². The molecule has 6 nitrogen and oxygen atoms in total. The number of nitrogens with zero attached hydrogens (tertiary/aromatic N) is 3. The van der Waals surface area contributed by atoms with Crippen molar-refractivity contribution in [1.29, 1.82) is 0 Å². The predicted molar refractivity (Wildman–Crippen MR) is 117 cm³/mol. The Morgan fingerprint density at radius 3 is 2.50 bits per heavy atom. The Balaban J connectivity index is 1.84. The second-order valence-corrected chi connectivity index (χ2v) is 9.12. The predicted octanol–water partition coefficient (Wildman–Crippen LogP) is 2.33. The quantitative estimate of drug-likeness (QED) is 0.591. The van der Waals surface area contributed by atoms with Gasteiger partial charge in [0.2, 0.25) is 0 Å². The highest BCUT2D eigenvalue weighted by Gasteiger charge is 2.49. The maximum atomic E-state index is 11.9. The zero-order valence-electron chi connectivity index (χ0n) is 16.8. The van der Waals surface area contributed by atoms with Gasteiger partial charge in [0.1, 0.15) is 17.3 Å². The van der Waals surface area contributed by atoms with Gasteiger partial charge in [-0.3, -0.25) is 4.79 Å². The molecule has 1 atom stereocenters. The van der Waals surface area contributed by atoms with Crippen molar-refractivity contribution in [3.63, 3.8) is 0 Å². The van der Waals surface area contributed by atoms with E-state index in [1.165, 1.54) is 0 Å². The maximum Gasteiger partial charge on any atom is 0.161 e. The van der Waals surface area contributed by atoms with Crippen molar-refractivity contribution in [2.24, 2.45) is 0 Å². The van der Waals surface area contributed by atoms with Gasteiger partial charge in [0, 0.05) is 49.8 Å². The third-order valence-corrected chi connectivity index (χ3v) is 7.27. The van der Waals surface area contributed by atoms with Crippen LogP contribution in [0.1, 0.15) is 13.3 Å². The van der Waals surface area contributed by atoms with Crippen molar-refractivity contribution in [1.82, 2.24) is 14.9 Å². The lowest BCUT2D eigenvalue weighted by Crippen LogP contribution is -2.62. The average Bonchev–Trinajstić information content (AvgIpc) is 3.12. The maximum absolute atomic E-state index is 11.9. The Bertz CT molecular complexity index is 710. The van der Waals surface area contributed by atoms with Gasteiger partial charge < -0.3 is 14.4 Å². The molecule has 0 saturated carbocycles. The lowest BCUT2D eigenvalue weighted by Gasteiger charge is -2.46. The number of benzene rings is 1. The largest absolute Gasteiger partial charge is 0.493 e. The molecule has 154 valence electrons. The smallest absolute Gasteiger partial charge is 0.161 e. The molecule has 0 aliphatic carbocycles. The third kappa shape index (κ3) is 4.68. The summed E-state index contributed by atoms with van der Waals surface area (Å²) in [5.41, 5.74) is 0. The highest BCUT2D eigenvalue weighted by atomic mass is 32.2. The van der Waals surface area contributed by atoms with Gasteiger partial charge in [-0.1, -0.05) is 24.4 Å². The monoisotopic (exact) mass is 423 g/mol. The summed E-state index contributed by atoms with van der Waals surface area (Å²) in [5, 5.41) is 4.74. The number of carbonyl (C=O) groups is 1. The van der Waals surface area contributed by atoms with E-state index in [0.717, 1.165) is 43.3 Å². The van der Waals surface area contributed by atoms with E-state index in [1.807, 2.05) is 24.3 Å². The first-order valence-corrected chi connectivity index (χ1v) is 11.0. The van der Waals surface area contributed by atoms with E-state index in [0.29, 0.717) is 24.5 Å². The summed E-state index contributed by atoms with van der Waals surface area (Å²) >= 11 is 7.60. The summed E-state index contributed by atoms with van der Waals surface area (Å²) in [4.78, 5) is 14.4. The van der Waals surface area contributed by atoms with Gasteiger partial charge in [0.15, 0.2) is 11.5 Å². The summed E-state index contributed by atoms with van der Waals surface area (Å²) < 4.78 is 11.7.